The van der Waals surface area contributed by atoms with E-state index in [1.165, 1.54) is 32.8 Å². The molecule has 0 bridgehead atoms. The highest BCUT2D eigenvalue weighted by atomic mass is 16.5. The first kappa shape index (κ1) is 10.5. The van der Waals surface area contributed by atoms with Gasteiger partial charge in [0.2, 0.25) is 0 Å². The van der Waals surface area contributed by atoms with Gasteiger partial charge in [0.1, 0.15) is 6.04 Å². The lowest BCUT2D eigenvalue weighted by Crippen LogP contribution is -2.42. The molecule has 3 heteroatoms. The van der Waals surface area contributed by atoms with Gasteiger partial charge in [0, 0.05) is 6.04 Å². The summed E-state index contributed by atoms with van der Waals surface area (Å²) in [4.78, 5) is 11.2. The third-order valence-corrected chi connectivity index (χ3v) is 2.69. The number of methoxy groups -OCH3 is 1. The molecule has 1 aliphatic rings. The van der Waals surface area contributed by atoms with Crippen LogP contribution in [-0.4, -0.2) is 25.2 Å². The highest BCUT2D eigenvalue weighted by Gasteiger charge is 2.22. The molecule has 1 N–H and O–H groups in total. The number of ether oxygens (including phenoxy) is 1. The number of hydrogen-bond acceptors (Lipinski definition) is 3. The Morgan fingerprint density at radius 1 is 1.54 bits per heavy atom. The molecule has 0 heterocycles. The second-order valence-corrected chi connectivity index (χ2v) is 3.63. The van der Waals surface area contributed by atoms with E-state index in [-0.39, 0.29) is 12.0 Å². The maximum Gasteiger partial charge on any atom is 0.322 e. The maximum atomic E-state index is 11.2. The lowest BCUT2D eigenvalue weighted by Gasteiger charge is -2.19. The predicted molar refractivity (Wildman–Crippen MR) is 51.5 cm³/mol. The minimum Gasteiger partial charge on any atom is -0.468 e. The largest absolute Gasteiger partial charge is 0.468 e. The van der Waals surface area contributed by atoms with Crippen LogP contribution in [0.15, 0.2) is 0 Å². The van der Waals surface area contributed by atoms with Crippen LogP contribution in [0.5, 0.6) is 0 Å². The average Bonchev–Trinajstić information content (AvgIpc) is 2.65. The fraction of sp³-hybridized carbons (Fsp3) is 0.900. The normalized spacial score (nSPS) is 20.2. The third kappa shape index (κ3) is 2.99. The van der Waals surface area contributed by atoms with Crippen LogP contribution < -0.4 is 5.32 Å². The van der Waals surface area contributed by atoms with Crippen molar-refractivity contribution in [3.63, 3.8) is 0 Å². The number of nitrogens with one attached hydrogen (secondary N) is 1. The van der Waals surface area contributed by atoms with Gasteiger partial charge in [0.05, 0.1) is 7.11 Å². The first-order valence-corrected chi connectivity index (χ1v) is 5.11. The molecule has 0 saturated heterocycles. The van der Waals surface area contributed by atoms with Crippen molar-refractivity contribution >= 4 is 5.97 Å². The van der Waals surface area contributed by atoms with E-state index in [2.05, 4.69) is 5.32 Å². The Balaban J connectivity index is 2.33. The van der Waals surface area contributed by atoms with E-state index in [9.17, 15) is 4.79 Å². The van der Waals surface area contributed by atoms with E-state index < -0.39 is 0 Å². The number of hydrogen-bond donors (Lipinski definition) is 1. The predicted octanol–water partition coefficient (Wildman–Crippen LogP) is 1.47. The average molecular weight is 185 g/mol. The van der Waals surface area contributed by atoms with E-state index in [1.54, 1.807) is 0 Å². The van der Waals surface area contributed by atoms with Crippen molar-refractivity contribution in [3.8, 4) is 0 Å². The summed E-state index contributed by atoms with van der Waals surface area (Å²) in [7, 11) is 1.45. The Morgan fingerprint density at radius 2 is 2.15 bits per heavy atom. The Kier molecular flexibility index (Phi) is 4.22. The zero-order valence-corrected chi connectivity index (χ0v) is 8.51. The molecule has 13 heavy (non-hydrogen) atoms. The molecule has 3 nitrogen and oxygen atoms in total. The van der Waals surface area contributed by atoms with Crippen molar-refractivity contribution in [2.45, 2.75) is 51.1 Å². The molecule has 0 spiro atoms. The van der Waals surface area contributed by atoms with Crippen molar-refractivity contribution in [2.24, 2.45) is 0 Å². The van der Waals surface area contributed by atoms with Crippen molar-refractivity contribution in [1.82, 2.24) is 5.32 Å². The van der Waals surface area contributed by atoms with Gasteiger partial charge in [0.15, 0.2) is 0 Å². The number of rotatable bonds is 4. The van der Waals surface area contributed by atoms with Crippen LogP contribution in [0.25, 0.3) is 0 Å². The lowest BCUT2D eigenvalue weighted by atomic mass is 10.1. The highest BCUT2D eigenvalue weighted by Crippen LogP contribution is 2.18. The summed E-state index contributed by atoms with van der Waals surface area (Å²) in [6.07, 6.45) is 5.79. The smallest absolute Gasteiger partial charge is 0.322 e. The van der Waals surface area contributed by atoms with Gasteiger partial charge in [0.25, 0.3) is 0 Å². The molecule has 0 aromatic heterocycles. The quantitative estimate of drug-likeness (QED) is 0.674. The van der Waals surface area contributed by atoms with Crippen LogP contribution >= 0.6 is 0 Å². The van der Waals surface area contributed by atoms with E-state index in [0.29, 0.717) is 6.04 Å². The van der Waals surface area contributed by atoms with E-state index in [0.717, 1.165) is 6.42 Å². The van der Waals surface area contributed by atoms with Crippen molar-refractivity contribution in [2.75, 3.05) is 7.11 Å². The van der Waals surface area contributed by atoms with E-state index >= 15 is 0 Å². The standard InChI is InChI=1S/C10H19NO2/c1-3-9(10(12)13-2)11-8-6-4-5-7-8/h8-9,11H,3-7H2,1-2H3/t9-/m0/s1. The topological polar surface area (TPSA) is 38.3 Å². The number of carbonyl (C=O) groups is 1. The van der Waals surface area contributed by atoms with E-state index in [1.807, 2.05) is 6.92 Å². The van der Waals surface area contributed by atoms with Gasteiger partial charge in [-0.2, -0.15) is 0 Å². The molecule has 1 atom stereocenters. The molecule has 0 amide bonds. The van der Waals surface area contributed by atoms with Gasteiger partial charge in [-0.3, -0.25) is 4.79 Å². The second kappa shape index (κ2) is 5.22. The number of esters is 1. The van der Waals surface area contributed by atoms with Gasteiger partial charge in [-0.15, -0.1) is 0 Å². The van der Waals surface area contributed by atoms with Gasteiger partial charge in [-0.25, -0.2) is 0 Å². The molecule has 0 radical (unpaired) electrons. The SMILES string of the molecule is CC[C@H](NC1CCCC1)C(=O)OC. The first-order chi connectivity index (χ1) is 6.27. The second-order valence-electron chi connectivity index (χ2n) is 3.63. The highest BCUT2D eigenvalue weighted by molar-refractivity contribution is 5.75. The fourth-order valence-electron chi connectivity index (χ4n) is 1.87. The first-order valence-electron chi connectivity index (χ1n) is 5.11. The molecule has 76 valence electrons. The zero-order valence-electron chi connectivity index (χ0n) is 8.51. The molecule has 1 aliphatic carbocycles. The van der Waals surface area contributed by atoms with Gasteiger partial charge < -0.3 is 10.1 Å². The van der Waals surface area contributed by atoms with Crippen LogP contribution in [0, 0.1) is 0 Å². The Bertz CT molecular complexity index is 164. The summed E-state index contributed by atoms with van der Waals surface area (Å²) in [6.45, 7) is 2.00. The van der Waals surface area contributed by atoms with Gasteiger partial charge >= 0.3 is 5.97 Å². The number of carbonyl (C=O) groups excluding carboxylic acids is 1. The van der Waals surface area contributed by atoms with Crippen molar-refractivity contribution in [3.05, 3.63) is 0 Å². The molecule has 0 aromatic rings. The summed E-state index contributed by atoms with van der Waals surface area (Å²) in [5, 5.41) is 3.34. The van der Waals surface area contributed by atoms with Crippen molar-refractivity contribution in [1.29, 1.82) is 0 Å². The Labute approximate surface area is 79.8 Å². The van der Waals surface area contributed by atoms with Crippen LogP contribution in [0.3, 0.4) is 0 Å². The summed E-state index contributed by atoms with van der Waals surface area (Å²) < 4.78 is 4.71. The van der Waals surface area contributed by atoms with Crippen molar-refractivity contribution < 1.29 is 9.53 Å². The van der Waals surface area contributed by atoms with Crippen LogP contribution in [0.4, 0.5) is 0 Å². The monoisotopic (exact) mass is 185 g/mol. The Morgan fingerprint density at radius 3 is 2.62 bits per heavy atom. The Hall–Kier alpha value is -0.570. The summed E-state index contributed by atoms with van der Waals surface area (Å²) in [5.74, 6) is -0.130. The molecule has 0 aromatic carbocycles. The maximum absolute atomic E-state index is 11.2. The van der Waals surface area contributed by atoms with E-state index in [4.69, 9.17) is 4.74 Å². The molecule has 1 fully saturated rings. The molecular formula is C10H19NO2. The van der Waals surface area contributed by atoms with Gasteiger partial charge in [-0.05, 0) is 19.3 Å². The lowest BCUT2D eigenvalue weighted by molar-refractivity contribution is -0.143. The molecular weight excluding hydrogens is 166 g/mol. The summed E-state index contributed by atoms with van der Waals surface area (Å²) in [5.41, 5.74) is 0. The zero-order chi connectivity index (χ0) is 9.68. The minimum absolute atomic E-state index is 0.104. The van der Waals surface area contributed by atoms with Crippen LogP contribution in [-0.2, 0) is 9.53 Å². The molecule has 0 unspecified atom stereocenters. The fourth-order valence-corrected chi connectivity index (χ4v) is 1.87. The summed E-state index contributed by atoms with van der Waals surface area (Å²) in [6, 6.07) is 0.428. The summed E-state index contributed by atoms with van der Waals surface area (Å²) >= 11 is 0. The molecule has 1 saturated carbocycles. The van der Waals surface area contributed by atoms with Gasteiger partial charge in [-0.1, -0.05) is 19.8 Å². The third-order valence-electron chi connectivity index (χ3n) is 2.69. The molecule has 1 rings (SSSR count). The van der Waals surface area contributed by atoms with Crippen LogP contribution in [0.2, 0.25) is 0 Å². The minimum atomic E-state index is -0.130. The van der Waals surface area contributed by atoms with Crippen LogP contribution in [0.1, 0.15) is 39.0 Å². The molecule has 0 aliphatic heterocycles.